The van der Waals surface area contributed by atoms with E-state index in [4.69, 9.17) is 23.3 Å². The van der Waals surface area contributed by atoms with E-state index in [-0.39, 0.29) is 25.9 Å². The Morgan fingerprint density at radius 3 is 1.24 bits per heavy atom. The minimum Gasteiger partial charge on any atom is -0.462 e. The van der Waals surface area contributed by atoms with Crippen molar-refractivity contribution < 1.29 is 52.2 Å². The highest BCUT2D eigenvalue weighted by molar-refractivity contribution is 7.47. The van der Waals surface area contributed by atoms with Crippen LogP contribution in [0, 0.1) is 0 Å². The van der Waals surface area contributed by atoms with Gasteiger partial charge in [-0.2, -0.15) is 0 Å². The van der Waals surface area contributed by atoms with Crippen LogP contribution in [0.2, 0.25) is 0 Å². The van der Waals surface area contributed by atoms with E-state index in [1.807, 2.05) is 12.2 Å². The molecule has 0 aromatic carbocycles. The smallest absolute Gasteiger partial charge is 0.462 e. The van der Waals surface area contributed by atoms with Gasteiger partial charge in [-0.15, -0.1) is 0 Å². The quantitative estimate of drug-likeness (QED) is 0.0197. The lowest BCUT2D eigenvalue weighted by Crippen LogP contribution is -2.30. The summed E-state index contributed by atoms with van der Waals surface area (Å²) >= 11 is 0. The first-order valence-corrected chi connectivity index (χ1v) is 29.0. The predicted molar refractivity (Wildman–Crippen MR) is 288 cm³/mol. The number of unbranched alkanes of at least 4 members (excludes halogenated alkanes) is 19. The summed E-state index contributed by atoms with van der Waals surface area (Å²) in [7, 11) is -4.77. The van der Waals surface area contributed by atoms with Gasteiger partial charge in [0.15, 0.2) is 6.10 Å². The number of carbonyl (C=O) groups is 3. The zero-order valence-electron chi connectivity index (χ0n) is 44.2. The Morgan fingerprint density at radius 1 is 0.414 bits per heavy atom. The highest BCUT2D eigenvalue weighted by Crippen LogP contribution is 2.43. The molecule has 0 radical (unpaired) electrons. The fourth-order valence-electron chi connectivity index (χ4n) is 7.14. The van der Waals surface area contributed by atoms with E-state index in [9.17, 15) is 28.9 Å². The number of phosphoric ester groups is 1. The standard InChI is InChI=1S/C58H99O11P/c1-4-7-10-13-16-19-22-24-25-26-27-28-29-31-34-37-40-43-46-49-58(62)69-55(51-65-56(60)47-44-41-38-35-32-21-18-15-12-9-6-3)53-67-70(63,64)66-52-54(50-59)68-57(61)48-45-42-39-36-33-30-23-20-17-14-11-8-5-2/h7,10,16,19-20,23-25,27-28,31,34,40,43,54-55,59H,4-6,8-9,11-15,17-18,21-22,26,29-30,32-33,35-39,41-42,44-53H2,1-3H3,(H,63,64)/b10-7-,19-16-,23-20-,25-24-,28-27-,34-31-,43-40-. The van der Waals surface area contributed by atoms with Crippen LogP contribution in [0.1, 0.15) is 226 Å². The van der Waals surface area contributed by atoms with Crippen LogP contribution >= 0.6 is 7.82 Å². The number of rotatable bonds is 50. The van der Waals surface area contributed by atoms with E-state index in [0.29, 0.717) is 25.7 Å². The number of hydrogen-bond acceptors (Lipinski definition) is 10. The Kier molecular flexibility index (Phi) is 49.5. The third-order valence-corrected chi connectivity index (χ3v) is 12.3. The number of hydrogen-bond donors (Lipinski definition) is 2. The Bertz CT molecular complexity index is 1500. The largest absolute Gasteiger partial charge is 0.472 e. The van der Waals surface area contributed by atoms with Crippen LogP contribution in [0.3, 0.4) is 0 Å². The number of esters is 3. The SMILES string of the molecule is CC/C=C\C/C=C\C/C=C\C/C=C\C/C=C\C/C=C\CCC(=O)OC(COC(=O)CCCCCCCCCCCCC)COP(=O)(O)OCC(CO)OC(=O)CCCCCCC/C=C\CCCCCC. The molecule has 0 aliphatic rings. The van der Waals surface area contributed by atoms with Gasteiger partial charge < -0.3 is 24.2 Å². The molecule has 0 aromatic heterocycles. The summed E-state index contributed by atoms with van der Waals surface area (Å²) in [5.41, 5.74) is 0. The molecule has 0 aliphatic carbocycles. The first kappa shape index (κ1) is 66.7. The third-order valence-electron chi connectivity index (χ3n) is 11.3. The van der Waals surface area contributed by atoms with Crippen molar-refractivity contribution in [3.63, 3.8) is 0 Å². The molecule has 0 aromatic rings. The molecule has 12 heteroatoms. The number of aliphatic hydroxyl groups excluding tert-OH is 1. The minimum atomic E-state index is -4.77. The lowest BCUT2D eigenvalue weighted by atomic mass is 10.1. The molecule has 3 atom stereocenters. The maximum Gasteiger partial charge on any atom is 0.472 e. The maximum absolute atomic E-state index is 12.9. The predicted octanol–water partition coefficient (Wildman–Crippen LogP) is 15.9. The number of ether oxygens (including phenoxy) is 3. The van der Waals surface area contributed by atoms with Gasteiger partial charge in [0.2, 0.25) is 0 Å². The molecular weight excluding hydrogens is 904 g/mol. The molecule has 2 N–H and O–H groups in total. The molecule has 0 saturated carbocycles. The van der Waals surface area contributed by atoms with Gasteiger partial charge in [-0.3, -0.25) is 23.4 Å². The van der Waals surface area contributed by atoms with Gasteiger partial charge >= 0.3 is 25.7 Å². The summed E-state index contributed by atoms with van der Waals surface area (Å²) in [5.74, 6) is -1.58. The Balaban J connectivity index is 4.84. The van der Waals surface area contributed by atoms with Crippen molar-refractivity contribution in [2.75, 3.05) is 26.4 Å². The first-order valence-electron chi connectivity index (χ1n) is 27.5. The molecule has 0 spiro atoms. The minimum absolute atomic E-state index is 0.0408. The molecule has 0 aliphatic heterocycles. The highest BCUT2D eigenvalue weighted by Gasteiger charge is 2.28. The molecule has 402 valence electrons. The molecule has 0 saturated heterocycles. The van der Waals surface area contributed by atoms with Crippen molar-refractivity contribution >= 4 is 25.7 Å². The van der Waals surface area contributed by atoms with Gasteiger partial charge in [0.05, 0.1) is 19.8 Å². The van der Waals surface area contributed by atoms with Crippen LogP contribution in [0.5, 0.6) is 0 Å². The number of aliphatic hydroxyl groups is 1. The first-order chi connectivity index (χ1) is 34.2. The van der Waals surface area contributed by atoms with E-state index < -0.39 is 57.8 Å². The molecule has 0 bridgehead atoms. The van der Waals surface area contributed by atoms with Gasteiger partial charge in [0, 0.05) is 19.3 Å². The van der Waals surface area contributed by atoms with Crippen LogP contribution in [0.15, 0.2) is 85.1 Å². The molecule has 0 fully saturated rings. The highest BCUT2D eigenvalue weighted by atomic mass is 31.2. The van der Waals surface area contributed by atoms with Gasteiger partial charge in [0.1, 0.15) is 12.7 Å². The summed E-state index contributed by atoms with van der Waals surface area (Å²) in [5, 5.41) is 9.78. The zero-order chi connectivity index (χ0) is 51.3. The van der Waals surface area contributed by atoms with Gasteiger partial charge in [-0.1, -0.05) is 209 Å². The average molecular weight is 1000 g/mol. The Labute approximate surface area is 426 Å². The molecule has 3 unspecified atom stereocenters. The van der Waals surface area contributed by atoms with Gasteiger partial charge in [0.25, 0.3) is 0 Å². The van der Waals surface area contributed by atoms with Crippen molar-refractivity contribution in [1.29, 1.82) is 0 Å². The third kappa shape index (κ3) is 49.6. The summed E-state index contributed by atoms with van der Waals surface area (Å²) in [6.45, 7) is 4.40. The molecule has 0 heterocycles. The van der Waals surface area contributed by atoms with Crippen molar-refractivity contribution in [3.8, 4) is 0 Å². The second kappa shape index (κ2) is 52.0. The number of allylic oxidation sites excluding steroid dienone is 14. The number of phosphoric acid groups is 1. The van der Waals surface area contributed by atoms with Gasteiger partial charge in [-0.05, 0) is 83.5 Å². The van der Waals surface area contributed by atoms with E-state index in [1.54, 1.807) is 0 Å². The van der Waals surface area contributed by atoms with Crippen LogP contribution in [0.25, 0.3) is 0 Å². The average Bonchev–Trinajstić information content (AvgIpc) is 3.35. The zero-order valence-corrected chi connectivity index (χ0v) is 45.1. The summed E-state index contributed by atoms with van der Waals surface area (Å²) in [6.07, 6.45) is 58.5. The van der Waals surface area contributed by atoms with E-state index in [0.717, 1.165) is 89.9 Å². The van der Waals surface area contributed by atoms with Crippen LogP contribution in [-0.2, 0) is 42.2 Å². The molecular formula is C58H99O11P. The summed E-state index contributed by atoms with van der Waals surface area (Å²) < 4.78 is 39.3. The monoisotopic (exact) mass is 1000 g/mol. The van der Waals surface area contributed by atoms with Crippen molar-refractivity contribution in [2.24, 2.45) is 0 Å². The van der Waals surface area contributed by atoms with Crippen LogP contribution < -0.4 is 0 Å². The molecule has 0 rings (SSSR count). The molecule has 0 amide bonds. The lowest BCUT2D eigenvalue weighted by molar-refractivity contribution is -0.161. The maximum atomic E-state index is 12.9. The van der Waals surface area contributed by atoms with E-state index in [2.05, 4.69) is 93.7 Å². The van der Waals surface area contributed by atoms with Crippen molar-refractivity contribution in [2.45, 2.75) is 238 Å². The summed E-state index contributed by atoms with van der Waals surface area (Å²) in [4.78, 5) is 48.3. The van der Waals surface area contributed by atoms with Crippen molar-refractivity contribution in [3.05, 3.63) is 85.1 Å². The van der Waals surface area contributed by atoms with Crippen LogP contribution in [-0.4, -0.2) is 66.5 Å². The number of carbonyl (C=O) groups excluding carboxylic acids is 3. The van der Waals surface area contributed by atoms with E-state index in [1.165, 1.54) is 70.6 Å². The lowest BCUT2D eigenvalue weighted by Gasteiger charge is -2.21. The van der Waals surface area contributed by atoms with Crippen LogP contribution in [0.4, 0.5) is 0 Å². The normalized spacial score (nSPS) is 14.1. The Morgan fingerprint density at radius 2 is 0.771 bits per heavy atom. The van der Waals surface area contributed by atoms with Gasteiger partial charge in [-0.25, -0.2) is 4.57 Å². The molecule has 70 heavy (non-hydrogen) atoms. The Hall–Kier alpha value is -3.34. The fraction of sp³-hybridized carbons (Fsp3) is 0.707. The van der Waals surface area contributed by atoms with Crippen molar-refractivity contribution in [1.82, 2.24) is 0 Å². The van der Waals surface area contributed by atoms with E-state index >= 15 is 0 Å². The second-order valence-electron chi connectivity index (χ2n) is 18.0. The molecule has 11 nitrogen and oxygen atoms in total. The fourth-order valence-corrected chi connectivity index (χ4v) is 7.92. The second-order valence-corrected chi connectivity index (χ2v) is 19.5. The summed E-state index contributed by atoms with van der Waals surface area (Å²) in [6, 6.07) is 0. The topological polar surface area (TPSA) is 155 Å².